The zero-order valence-corrected chi connectivity index (χ0v) is 13.4. The maximum Gasteiger partial charge on any atom is 0.238 e. The minimum atomic E-state index is -0.0207. The number of nitrogens with one attached hydrogen (secondary N) is 1. The lowest BCUT2D eigenvalue weighted by molar-refractivity contribution is -0.117. The van der Waals surface area contributed by atoms with Gasteiger partial charge in [0.15, 0.2) is 0 Å². The van der Waals surface area contributed by atoms with Crippen LogP contribution in [0.5, 0.6) is 0 Å². The van der Waals surface area contributed by atoms with Crippen molar-refractivity contribution in [3.05, 3.63) is 29.8 Å². The molecule has 0 aliphatic rings. The first-order chi connectivity index (χ1) is 10.1. The van der Waals surface area contributed by atoms with E-state index >= 15 is 0 Å². The third kappa shape index (κ3) is 6.27. The van der Waals surface area contributed by atoms with E-state index in [4.69, 9.17) is 5.11 Å². The Morgan fingerprint density at radius 2 is 2.00 bits per heavy atom. The zero-order valence-electron chi connectivity index (χ0n) is 13.4. The predicted molar refractivity (Wildman–Crippen MR) is 87.6 cm³/mol. The number of para-hydroxylation sites is 1. The highest BCUT2D eigenvalue weighted by Crippen LogP contribution is 2.23. The highest BCUT2D eigenvalue weighted by atomic mass is 16.3. The van der Waals surface area contributed by atoms with Gasteiger partial charge in [-0.05, 0) is 30.5 Å². The van der Waals surface area contributed by atoms with Gasteiger partial charge in [0.25, 0.3) is 0 Å². The van der Waals surface area contributed by atoms with Crippen LogP contribution in [-0.2, 0) is 4.79 Å². The molecule has 0 atom stereocenters. The van der Waals surface area contributed by atoms with Gasteiger partial charge in [-0.2, -0.15) is 0 Å². The van der Waals surface area contributed by atoms with Gasteiger partial charge < -0.3 is 10.4 Å². The maximum absolute atomic E-state index is 12.2. The number of hydrogen-bond donors (Lipinski definition) is 2. The molecule has 0 radical (unpaired) electrons. The first-order valence-electron chi connectivity index (χ1n) is 7.80. The third-order valence-corrected chi connectivity index (χ3v) is 3.47. The van der Waals surface area contributed by atoms with E-state index in [1.165, 1.54) is 0 Å². The second kappa shape index (κ2) is 9.53. The summed E-state index contributed by atoms with van der Waals surface area (Å²) in [7, 11) is 0. The number of amides is 1. The molecular weight excluding hydrogens is 264 g/mol. The molecule has 0 spiro atoms. The molecule has 0 aromatic heterocycles. The lowest BCUT2D eigenvalue weighted by atomic mass is 10.0. The van der Waals surface area contributed by atoms with Gasteiger partial charge in [-0.25, -0.2) is 0 Å². The minimum Gasteiger partial charge on any atom is -0.395 e. The summed E-state index contributed by atoms with van der Waals surface area (Å²) in [5, 5.41) is 12.1. The van der Waals surface area contributed by atoms with Crippen LogP contribution in [0.2, 0.25) is 0 Å². The molecule has 1 rings (SSSR count). The molecule has 0 unspecified atom stereocenters. The highest BCUT2D eigenvalue weighted by Gasteiger charge is 2.12. The van der Waals surface area contributed by atoms with Gasteiger partial charge in [-0.3, -0.25) is 9.69 Å². The Balaban J connectivity index is 2.63. The van der Waals surface area contributed by atoms with Crippen molar-refractivity contribution in [3.8, 4) is 0 Å². The summed E-state index contributed by atoms with van der Waals surface area (Å²) in [5.74, 6) is 0.350. The van der Waals surface area contributed by atoms with Gasteiger partial charge in [0.1, 0.15) is 0 Å². The van der Waals surface area contributed by atoms with E-state index in [2.05, 4.69) is 26.1 Å². The molecule has 0 saturated carbocycles. The van der Waals surface area contributed by atoms with Gasteiger partial charge >= 0.3 is 0 Å². The van der Waals surface area contributed by atoms with Gasteiger partial charge in [0.2, 0.25) is 5.91 Å². The Morgan fingerprint density at radius 3 is 2.62 bits per heavy atom. The van der Waals surface area contributed by atoms with Crippen LogP contribution in [0.25, 0.3) is 0 Å². The molecule has 0 aliphatic heterocycles. The Bertz CT molecular complexity index is 433. The van der Waals surface area contributed by atoms with Gasteiger partial charge in [0.05, 0.1) is 13.2 Å². The molecule has 118 valence electrons. The Kier molecular flexibility index (Phi) is 8.01. The zero-order chi connectivity index (χ0) is 15.7. The molecule has 4 heteroatoms. The Labute approximate surface area is 128 Å². The summed E-state index contributed by atoms with van der Waals surface area (Å²) < 4.78 is 0. The fraction of sp³-hybridized carbons (Fsp3) is 0.588. The largest absolute Gasteiger partial charge is 0.395 e. The van der Waals surface area contributed by atoms with Crippen molar-refractivity contribution in [2.45, 2.75) is 39.5 Å². The van der Waals surface area contributed by atoms with Crippen molar-refractivity contribution < 1.29 is 9.90 Å². The van der Waals surface area contributed by atoms with Crippen LogP contribution in [0, 0.1) is 0 Å². The average molecular weight is 292 g/mol. The number of carbonyl (C=O) groups is 1. The molecule has 1 aromatic rings. The highest BCUT2D eigenvalue weighted by molar-refractivity contribution is 5.93. The standard InChI is InChI=1S/C17H28N2O2/c1-4-5-10-19(11-12-20)13-17(21)18-16-9-7-6-8-15(16)14(2)3/h6-9,14,20H,4-5,10-13H2,1-3H3,(H,18,21). The summed E-state index contributed by atoms with van der Waals surface area (Å²) in [4.78, 5) is 14.2. The summed E-state index contributed by atoms with van der Waals surface area (Å²) in [6.45, 7) is 8.15. The van der Waals surface area contributed by atoms with E-state index in [9.17, 15) is 4.79 Å². The number of aliphatic hydroxyl groups excluding tert-OH is 1. The van der Waals surface area contributed by atoms with Crippen molar-refractivity contribution in [2.24, 2.45) is 0 Å². The van der Waals surface area contributed by atoms with E-state index in [0.29, 0.717) is 19.0 Å². The summed E-state index contributed by atoms with van der Waals surface area (Å²) >= 11 is 0. The average Bonchev–Trinajstić information content (AvgIpc) is 2.45. The van der Waals surface area contributed by atoms with Crippen LogP contribution in [0.15, 0.2) is 24.3 Å². The van der Waals surface area contributed by atoms with Gasteiger partial charge in [0, 0.05) is 12.2 Å². The van der Waals surface area contributed by atoms with Crippen LogP contribution < -0.4 is 5.32 Å². The molecule has 0 bridgehead atoms. The molecule has 0 fully saturated rings. The minimum absolute atomic E-state index is 0.0207. The van der Waals surface area contributed by atoms with Crippen LogP contribution in [-0.4, -0.2) is 42.2 Å². The molecule has 0 saturated heterocycles. The number of unbranched alkanes of at least 4 members (excludes halogenated alkanes) is 1. The lowest BCUT2D eigenvalue weighted by Gasteiger charge is -2.21. The number of anilines is 1. The smallest absolute Gasteiger partial charge is 0.238 e. The summed E-state index contributed by atoms with van der Waals surface area (Å²) in [6, 6.07) is 7.91. The number of nitrogens with zero attached hydrogens (tertiary/aromatic N) is 1. The van der Waals surface area contributed by atoms with E-state index in [-0.39, 0.29) is 12.5 Å². The van der Waals surface area contributed by atoms with Crippen molar-refractivity contribution >= 4 is 11.6 Å². The molecule has 2 N–H and O–H groups in total. The van der Waals surface area contributed by atoms with Crippen LogP contribution in [0.3, 0.4) is 0 Å². The number of carbonyl (C=O) groups excluding carboxylic acids is 1. The third-order valence-electron chi connectivity index (χ3n) is 3.47. The Hall–Kier alpha value is -1.39. The van der Waals surface area contributed by atoms with E-state index < -0.39 is 0 Å². The van der Waals surface area contributed by atoms with Crippen molar-refractivity contribution in [1.29, 1.82) is 0 Å². The van der Waals surface area contributed by atoms with Crippen molar-refractivity contribution in [1.82, 2.24) is 4.90 Å². The number of benzene rings is 1. The van der Waals surface area contributed by atoms with Crippen LogP contribution in [0.1, 0.15) is 45.1 Å². The van der Waals surface area contributed by atoms with Crippen LogP contribution >= 0.6 is 0 Å². The number of aliphatic hydroxyl groups is 1. The SMILES string of the molecule is CCCCN(CCO)CC(=O)Nc1ccccc1C(C)C. The van der Waals surface area contributed by atoms with Crippen LogP contribution in [0.4, 0.5) is 5.69 Å². The molecule has 1 aromatic carbocycles. The molecule has 0 heterocycles. The molecule has 1 amide bonds. The van der Waals surface area contributed by atoms with Gasteiger partial charge in [-0.15, -0.1) is 0 Å². The lowest BCUT2D eigenvalue weighted by Crippen LogP contribution is -2.36. The maximum atomic E-state index is 12.2. The topological polar surface area (TPSA) is 52.6 Å². The first kappa shape index (κ1) is 17.7. The fourth-order valence-electron chi connectivity index (χ4n) is 2.30. The molecule has 4 nitrogen and oxygen atoms in total. The van der Waals surface area contributed by atoms with E-state index in [1.54, 1.807) is 0 Å². The summed E-state index contributed by atoms with van der Waals surface area (Å²) in [6.07, 6.45) is 2.12. The second-order valence-electron chi connectivity index (χ2n) is 5.64. The second-order valence-corrected chi connectivity index (χ2v) is 5.64. The van der Waals surface area contributed by atoms with Crippen molar-refractivity contribution in [3.63, 3.8) is 0 Å². The van der Waals surface area contributed by atoms with Gasteiger partial charge in [-0.1, -0.05) is 45.4 Å². The number of rotatable bonds is 9. The predicted octanol–water partition coefficient (Wildman–Crippen LogP) is 2.84. The normalized spacial score (nSPS) is 11.1. The van der Waals surface area contributed by atoms with E-state index in [1.807, 2.05) is 29.2 Å². The first-order valence-corrected chi connectivity index (χ1v) is 7.80. The molecule has 21 heavy (non-hydrogen) atoms. The molecule has 0 aliphatic carbocycles. The Morgan fingerprint density at radius 1 is 1.29 bits per heavy atom. The van der Waals surface area contributed by atoms with Crippen molar-refractivity contribution in [2.75, 3.05) is 31.6 Å². The van der Waals surface area contributed by atoms with E-state index in [0.717, 1.165) is 30.6 Å². The monoisotopic (exact) mass is 292 g/mol. The number of hydrogen-bond acceptors (Lipinski definition) is 3. The molecular formula is C17H28N2O2. The fourth-order valence-corrected chi connectivity index (χ4v) is 2.30. The quantitative estimate of drug-likeness (QED) is 0.736. The summed E-state index contributed by atoms with van der Waals surface area (Å²) in [5.41, 5.74) is 2.03.